The Hall–Kier alpha value is -2.42. The summed E-state index contributed by atoms with van der Waals surface area (Å²) >= 11 is 0. The monoisotopic (exact) mass is 404 g/mol. The number of carbonyl (C=O) groups excluding carboxylic acids is 1. The smallest absolute Gasteiger partial charge is 0.238 e. The van der Waals surface area contributed by atoms with Crippen LogP contribution in [0.4, 0.5) is 5.69 Å². The van der Waals surface area contributed by atoms with Gasteiger partial charge in [-0.05, 0) is 49.1 Å². The highest BCUT2D eigenvalue weighted by atomic mass is 32.2. The van der Waals surface area contributed by atoms with Crippen LogP contribution in [-0.4, -0.2) is 33.6 Å². The molecule has 0 aromatic heterocycles. The Kier molecular flexibility index (Phi) is 6.66. The summed E-state index contributed by atoms with van der Waals surface area (Å²) in [6.07, 6.45) is 2.98. The molecule has 1 aliphatic heterocycles. The van der Waals surface area contributed by atoms with Crippen molar-refractivity contribution in [1.29, 1.82) is 0 Å². The normalized spacial score (nSPS) is 16.7. The van der Waals surface area contributed by atoms with E-state index in [1.165, 1.54) is 12.1 Å². The zero-order valence-corrected chi connectivity index (χ0v) is 16.3. The first-order chi connectivity index (χ1) is 13.4. The summed E-state index contributed by atoms with van der Waals surface area (Å²) in [7, 11) is -3.71. The molecule has 3 N–H and O–H groups in total. The van der Waals surface area contributed by atoms with Gasteiger partial charge in [-0.3, -0.25) is 4.79 Å². The predicted octanol–water partition coefficient (Wildman–Crippen LogP) is 2.46. The topological polar surface area (TPSA) is 108 Å². The van der Waals surface area contributed by atoms with Crippen LogP contribution >= 0.6 is 0 Å². The largest absolute Gasteiger partial charge is 0.491 e. The van der Waals surface area contributed by atoms with Crippen molar-refractivity contribution in [3.8, 4) is 5.75 Å². The minimum Gasteiger partial charge on any atom is -0.491 e. The fourth-order valence-corrected chi connectivity index (χ4v) is 3.47. The molecule has 2 aromatic carbocycles. The number of nitrogens with one attached hydrogen (secondary N) is 1. The van der Waals surface area contributed by atoms with Gasteiger partial charge in [0, 0.05) is 24.8 Å². The number of primary sulfonamides is 1. The number of hydrogen-bond acceptors (Lipinski definition) is 5. The second-order valence-corrected chi connectivity index (χ2v) is 8.27. The zero-order valence-electron chi connectivity index (χ0n) is 15.5. The van der Waals surface area contributed by atoms with Crippen LogP contribution in [0.1, 0.15) is 24.8 Å². The number of amides is 1. The van der Waals surface area contributed by atoms with Gasteiger partial charge in [0.05, 0.1) is 11.0 Å². The molecular formula is C20H24N2O5S. The summed E-state index contributed by atoms with van der Waals surface area (Å²) in [5.41, 5.74) is 1.52. The van der Waals surface area contributed by atoms with Crippen LogP contribution in [0.15, 0.2) is 53.4 Å². The van der Waals surface area contributed by atoms with E-state index >= 15 is 0 Å². The minimum absolute atomic E-state index is 0.0560. The number of carbonyl (C=O) groups is 1. The maximum Gasteiger partial charge on any atom is 0.238 e. The summed E-state index contributed by atoms with van der Waals surface area (Å²) in [5, 5.41) is 7.93. The first-order valence-electron chi connectivity index (χ1n) is 9.16. The molecule has 1 unspecified atom stereocenters. The highest BCUT2D eigenvalue weighted by Gasteiger charge is 2.16. The fraction of sp³-hybridized carbons (Fsp3) is 0.350. The molecule has 1 atom stereocenters. The molecule has 7 nitrogen and oxygen atoms in total. The van der Waals surface area contributed by atoms with Crippen LogP contribution in [0.5, 0.6) is 5.75 Å². The molecule has 8 heteroatoms. The van der Waals surface area contributed by atoms with Gasteiger partial charge in [0.15, 0.2) is 0 Å². The Morgan fingerprint density at radius 3 is 2.68 bits per heavy atom. The summed E-state index contributed by atoms with van der Waals surface area (Å²) < 4.78 is 33.8. The maximum atomic E-state index is 12.2. The quantitative estimate of drug-likeness (QED) is 0.703. The van der Waals surface area contributed by atoms with Crippen LogP contribution in [0, 0.1) is 0 Å². The van der Waals surface area contributed by atoms with Gasteiger partial charge in [-0.2, -0.15) is 0 Å². The van der Waals surface area contributed by atoms with Crippen LogP contribution < -0.4 is 15.2 Å². The van der Waals surface area contributed by atoms with Gasteiger partial charge < -0.3 is 14.8 Å². The average Bonchev–Trinajstić information content (AvgIpc) is 3.18. The molecule has 28 heavy (non-hydrogen) atoms. The van der Waals surface area contributed by atoms with Crippen LogP contribution in [0.25, 0.3) is 0 Å². The lowest BCUT2D eigenvalue weighted by molar-refractivity contribution is -0.116. The third kappa shape index (κ3) is 6.05. The van der Waals surface area contributed by atoms with Crippen molar-refractivity contribution >= 4 is 21.6 Å². The van der Waals surface area contributed by atoms with E-state index in [0.29, 0.717) is 24.5 Å². The molecular weight excluding hydrogens is 380 g/mol. The predicted molar refractivity (Wildman–Crippen MR) is 106 cm³/mol. The van der Waals surface area contributed by atoms with Crippen molar-refractivity contribution < 1.29 is 22.7 Å². The molecule has 0 spiro atoms. The Labute approximate surface area is 164 Å². The van der Waals surface area contributed by atoms with Crippen molar-refractivity contribution in [2.45, 2.75) is 36.7 Å². The lowest BCUT2D eigenvalue weighted by atomic mass is 10.1. The zero-order chi connectivity index (χ0) is 20.0. The van der Waals surface area contributed by atoms with E-state index in [1.54, 1.807) is 24.3 Å². The average molecular weight is 404 g/mol. The Balaban J connectivity index is 1.48. The highest BCUT2D eigenvalue weighted by Crippen LogP contribution is 2.20. The van der Waals surface area contributed by atoms with Gasteiger partial charge >= 0.3 is 0 Å². The van der Waals surface area contributed by atoms with E-state index in [4.69, 9.17) is 14.6 Å². The maximum absolute atomic E-state index is 12.2. The molecule has 1 amide bonds. The van der Waals surface area contributed by atoms with Gasteiger partial charge in [0.1, 0.15) is 12.4 Å². The number of ether oxygens (including phenoxy) is 2. The first kappa shape index (κ1) is 20.3. The van der Waals surface area contributed by atoms with Gasteiger partial charge in [-0.15, -0.1) is 0 Å². The third-order valence-electron chi connectivity index (χ3n) is 4.47. The number of anilines is 1. The third-order valence-corrected chi connectivity index (χ3v) is 5.40. The number of hydrogen-bond donors (Lipinski definition) is 2. The molecule has 1 aliphatic rings. The molecule has 150 valence electrons. The van der Waals surface area contributed by atoms with E-state index < -0.39 is 10.0 Å². The summed E-state index contributed by atoms with van der Waals surface area (Å²) in [6.45, 7) is 1.29. The van der Waals surface area contributed by atoms with Gasteiger partial charge in [0.2, 0.25) is 15.9 Å². The van der Waals surface area contributed by atoms with E-state index in [9.17, 15) is 13.2 Å². The summed E-state index contributed by atoms with van der Waals surface area (Å²) in [5.74, 6) is 0.554. The molecule has 0 saturated carbocycles. The number of nitrogens with two attached hydrogens (primary N) is 1. The highest BCUT2D eigenvalue weighted by molar-refractivity contribution is 7.89. The molecule has 0 bridgehead atoms. The number of benzene rings is 2. The van der Waals surface area contributed by atoms with Crippen LogP contribution in [-0.2, 0) is 26.0 Å². The summed E-state index contributed by atoms with van der Waals surface area (Å²) in [6, 6.07) is 13.5. The van der Waals surface area contributed by atoms with Crippen molar-refractivity contribution in [2.75, 3.05) is 18.5 Å². The van der Waals surface area contributed by atoms with Crippen molar-refractivity contribution in [1.82, 2.24) is 0 Å². The molecule has 0 aliphatic carbocycles. The second-order valence-electron chi connectivity index (χ2n) is 6.71. The van der Waals surface area contributed by atoms with Gasteiger partial charge in [0.25, 0.3) is 0 Å². The SMILES string of the molecule is NS(=O)(=O)c1ccc(CCC(=O)Nc2cccc(OCC3CCCO3)c2)cc1. The Morgan fingerprint density at radius 1 is 1.21 bits per heavy atom. The van der Waals surface area contributed by atoms with Crippen molar-refractivity contribution in [3.63, 3.8) is 0 Å². The Morgan fingerprint density at radius 2 is 2.00 bits per heavy atom. The van der Waals surface area contributed by atoms with Crippen molar-refractivity contribution in [2.24, 2.45) is 5.14 Å². The van der Waals surface area contributed by atoms with Crippen LogP contribution in [0.3, 0.4) is 0 Å². The molecule has 1 heterocycles. The molecule has 1 saturated heterocycles. The van der Waals surface area contributed by atoms with E-state index in [1.807, 2.05) is 12.1 Å². The van der Waals surface area contributed by atoms with Gasteiger partial charge in [-0.25, -0.2) is 13.6 Å². The molecule has 3 rings (SSSR count). The lowest BCUT2D eigenvalue weighted by Gasteiger charge is -2.12. The van der Waals surface area contributed by atoms with Gasteiger partial charge in [-0.1, -0.05) is 18.2 Å². The fourth-order valence-electron chi connectivity index (χ4n) is 2.96. The number of rotatable bonds is 8. The molecule has 0 radical (unpaired) electrons. The van der Waals surface area contributed by atoms with Crippen molar-refractivity contribution in [3.05, 3.63) is 54.1 Å². The Bertz CT molecular complexity index is 906. The molecule has 2 aromatic rings. The van der Waals surface area contributed by atoms with Crippen LogP contribution in [0.2, 0.25) is 0 Å². The number of aryl methyl sites for hydroxylation is 1. The standard InChI is InChI=1S/C20H24N2O5S/c21-28(24,25)19-9-6-15(7-10-19)8-11-20(23)22-16-3-1-4-17(13-16)27-14-18-5-2-12-26-18/h1,3-4,6-7,9-10,13,18H,2,5,8,11-12,14H2,(H,22,23)(H2,21,24,25). The molecule has 1 fully saturated rings. The van der Waals surface area contributed by atoms with E-state index in [-0.39, 0.29) is 23.3 Å². The minimum atomic E-state index is -3.71. The van der Waals surface area contributed by atoms with E-state index in [0.717, 1.165) is 25.0 Å². The first-order valence-corrected chi connectivity index (χ1v) is 10.7. The summed E-state index contributed by atoms with van der Waals surface area (Å²) in [4.78, 5) is 12.3. The second kappa shape index (κ2) is 9.18. The number of sulfonamides is 1. The lowest BCUT2D eigenvalue weighted by Crippen LogP contribution is -2.16. The van der Waals surface area contributed by atoms with E-state index in [2.05, 4.69) is 5.32 Å².